The van der Waals surface area contributed by atoms with Crippen LogP contribution in [-0.2, 0) is 0 Å². The van der Waals surface area contributed by atoms with Gasteiger partial charge in [0.15, 0.2) is 6.29 Å². The number of para-hydroxylation sites is 1. The van der Waals surface area contributed by atoms with Crippen molar-refractivity contribution in [3.05, 3.63) is 42.0 Å². The van der Waals surface area contributed by atoms with Gasteiger partial charge in [0.2, 0.25) is 0 Å². The summed E-state index contributed by atoms with van der Waals surface area (Å²) in [5, 5.41) is 3.34. The van der Waals surface area contributed by atoms with E-state index in [1.54, 1.807) is 0 Å². The second kappa shape index (κ2) is 15.0. The number of aldehydes is 1. The molecule has 0 fully saturated rings. The smallest absolute Gasteiger partial charge is 0.152 e. The predicted molar refractivity (Wildman–Crippen MR) is 106 cm³/mol. The fourth-order valence-electron chi connectivity index (χ4n) is 2.84. The molecule has 0 saturated carbocycles. The molecular formula is C22H35NO. The lowest BCUT2D eigenvalue weighted by Crippen LogP contribution is -2.03. The Hall–Kier alpha value is -1.57. The summed E-state index contributed by atoms with van der Waals surface area (Å²) in [5.41, 5.74) is 1.68. The zero-order valence-corrected chi connectivity index (χ0v) is 15.4. The van der Waals surface area contributed by atoms with Crippen LogP contribution >= 0.6 is 0 Å². The molecule has 1 aromatic carbocycles. The Morgan fingerprint density at radius 3 is 2.17 bits per heavy atom. The van der Waals surface area contributed by atoms with E-state index in [0.717, 1.165) is 36.9 Å². The van der Waals surface area contributed by atoms with E-state index >= 15 is 0 Å². The molecule has 24 heavy (non-hydrogen) atoms. The zero-order chi connectivity index (χ0) is 17.3. The van der Waals surface area contributed by atoms with Gasteiger partial charge >= 0.3 is 0 Å². The summed E-state index contributed by atoms with van der Waals surface area (Å²) >= 11 is 0. The van der Waals surface area contributed by atoms with Gasteiger partial charge in [-0.15, -0.1) is 0 Å². The van der Waals surface area contributed by atoms with Crippen LogP contribution in [0.3, 0.4) is 0 Å². The minimum Gasteiger partial charge on any atom is -0.384 e. The first-order valence-corrected chi connectivity index (χ1v) is 9.81. The first-order valence-electron chi connectivity index (χ1n) is 9.81. The molecule has 1 N–H and O–H groups in total. The van der Waals surface area contributed by atoms with Crippen molar-refractivity contribution in [2.75, 3.05) is 11.9 Å². The van der Waals surface area contributed by atoms with Crippen LogP contribution < -0.4 is 5.32 Å². The van der Waals surface area contributed by atoms with Crippen molar-refractivity contribution >= 4 is 12.0 Å². The fraction of sp³-hybridized carbons (Fsp3) is 0.591. The summed E-state index contributed by atoms with van der Waals surface area (Å²) < 4.78 is 0. The largest absolute Gasteiger partial charge is 0.384 e. The van der Waals surface area contributed by atoms with Gasteiger partial charge in [-0.2, -0.15) is 0 Å². The Morgan fingerprint density at radius 2 is 1.46 bits per heavy atom. The van der Waals surface area contributed by atoms with Crippen LogP contribution in [-0.4, -0.2) is 12.8 Å². The lowest BCUT2D eigenvalue weighted by atomic mass is 10.1. The van der Waals surface area contributed by atoms with Crippen molar-refractivity contribution in [2.45, 2.75) is 77.6 Å². The van der Waals surface area contributed by atoms with Crippen molar-refractivity contribution < 1.29 is 4.79 Å². The molecule has 0 aromatic heterocycles. The quantitative estimate of drug-likeness (QED) is 0.218. The van der Waals surface area contributed by atoms with Gasteiger partial charge < -0.3 is 5.32 Å². The maximum Gasteiger partial charge on any atom is 0.152 e. The van der Waals surface area contributed by atoms with E-state index in [2.05, 4.69) is 24.4 Å². The summed E-state index contributed by atoms with van der Waals surface area (Å²) in [6.07, 6.45) is 20.1. The first kappa shape index (κ1) is 20.5. The van der Waals surface area contributed by atoms with Crippen LogP contribution in [0.25, 0.3) is 0 Å². The van der Waals surface area contributed by atoms with Gasteiger partial charge in [-0.05, 0) is 37.8 Å². The molecule has 2 nitrogen and oxygen atoms in total. The maximum absolute atomic E-state index is 10.9. The molecule has 0 saturated heterocycles. The van der Waals surface area contributed by atoms with E-state index < -0.39 is 0 Å². The van der Waals surface area contributed by atoms with Gasteiger partial charge in [-0.25, -0.2) is 0 Å². The Kier molecular flexibility index (Phi) is 12.8. The third-order valence-corrected chi connectivity index (χ3v) is 4.34. The first-order chi connectivity index (χ1) is 11.9. The van der Waals surface area contributed by atoms with Crippen LogP contribution in [0.2, 0.25) is 0 Å². The normalized spacial score (nSPS) is 11.0. The average molecular weight is 330 g/mol. The number of carbonyl (C=O) groups excluding carboxylic acids is 1. The van der Waals surface area contributed by atoms with E-state index in [4.69, 9.17) is 0 Å². The van der Waals surface area contributed by atoms with E-state index in [9.17, 15) is 4.79 Å². The Labute approximate surface area is 148 Å². The number of hydrogen-bond acceptors (Lipinski definition) is 2. The minimum atomic E-state index is 0.739. The molecule has 0 radical (unpaired) electrons. The molecule has 0 amide bonds. The highest BCUT2D eigenvalue weighted by Gasteiger charge is 1.98. The summed E-state index contributed by atoms with van der Waals surface area (Å²) in [7, 11) is 0. The molecule has 2 heteroatoms. The number of allylic oxidation sites excluding steroid dienone is 2. The highest BCUT2D eigenvalue weighted by atomic mass is 16.1. The van der Waals surface area contributed by atoms with Gasteiger partial charge in [0.1, 0.15) is 0 Å². The third kappa shape index (κ3) is 10.3. The third-order valence-electron chi connectivity index (χ3n) is 4.34. The van der Waals surface area contributed by atoms with Gasteiger partial charge in [-0.1, -0.05) is 76.2 Å². The number of benzene rings is 1. The Balaban J connectivity index is 1.92. The van der Waals surface area contributed by atoms with Crippen LogP contribution in [0.1, 0.15) is 87.9 Å². The van der Waals surface area contributed by atoms with Crippen LogP contribution in [0, 0.1) is 0 Å². The highest BCUT2D eigenvalue weighted by Crippen LogP contribution is 2.13. The summed E-state index contributed by atoms with van der Waals surface area (Å²) in [6, 6.07) is 7.66. The number of anilines is 1. The molecule has 0 aliphatic heterocycles. The molecule has 0 bridgehead atoms. The lowest BCUT2D eigenvalue weighted by molar-refractivity contribution is 0.112. The number of hydrogen-bond donors (Lipinski definition) is 1. The average Bonchev–Trinajstić information content (AvgIpc) is 2.62. The maximum atomic E-state index is 10.9. The molecule has 0 atom stereocenters. The van der Waals surface area contributed by atoms with Crippen molar-refractivity contribution in [1.29, 1.82) is 0 Å². The Morgan fingerprint density at radius 1 is 0.833 bits per heavy atom. The van der Waals surface area contributed by atoms with Crippen LogP contribution in [0.15, 0.2) is 36.4 Å². The topological polar surface area (TPSA) is 29.1 Å². The second-order valence-electron chi connectivity index (χ2n) is 6.51. The zero-order valence-electron chi connectivity index (χ0n) is 15.4. The fourth-order valence-corrected chi connectivity index (χ4v) is 2.84. The number of rotatable bonds is 15. The number of carbonyl (C=O) groups is 1. The van der Waals surface area contributed by atoms with E-state index in [1.165, 1.54) is 57.8 Å². The van der Waals surface area contributed by atoms with Crippen molar-refractivity contribution in [3.8, 4) is 0 Å². The number of nitrogens with one attached hydrogen (secondary N) is 1. The Bertz CT molecular complexity index is 453. The van der Waals surface area contributed by atoms with Crippen LogP contribution in [0.5, 0.6) is 0 Å². The molecule has 0 unspecified atom stereocenters. The molecule has 0 heterocycles. The molecule has 1 aromatic rings. The molecule has 1 rings (SSSR count). The minimum absolute atomic E-state index is 0.739. The van der Waals surface area contributed by atoms with Gasteiger partial charge in [0, 0.05) is 17.8 Å². The summed E-state index contributed by atoms with van der Waals surface area (Å²) in [4.78, 5) is 10.9. The standard InChI is InChI=1S/C22H35NO/c1-2-3-4-5-6-7-8-9-10-11-12-13-16-19-23-22-18-15-14-17-21(22)20-24/h11-12,14-15,17-18,20,23H,2-10,13,16,19H2,1H3/b12-11+. The van der Waals surface area contributed by atoms with E-state index in [1.807, 2.05) is 24.3 Å². The SMILES string of the molecule is CCCCCCCCCC/C=C/CCCNc1ccccc1C=O. The van der Waals surface area contributed by atoms with Crippen molar-refractivity contribution in [2.24, 2.45) is 0 Å². The predicted octanol–water partition coefficient (Wildman–Crippen LogP) is 6.78. The molecule has 0 aliphatic carbocycles. The molecule has 0 spiro atoms. The lowest BCUT2D eigenvalue weighted by Gasteiger charge is -2.07. The monoisotopic (exact) mass is 329 g/mol. The van der Waals surface area contributed by atoms with Crippen molar-refractivity contribution in [1.82, 2.24) is 0 Å². The van der Waals surface area contributed by atoms with Gasteiger partial charge in [0.25, 0.3) is 0 Å². The summed E-state index contributed by atoms with van der Waals surface area (Å²) in [6.45, 7) is 3.18. The number of unbranched alkanes of at least 4 members (excludes halogenated alkanes) is 9. The van der Waals surface area contributed by atoms with Crippen LogP contribution in [0.4, 0.5) is 5.69 Å². The van der Waals surface area contributed by atoms with Crippen molar-refractivity contribution in [3.63, 3.8) is 0 Å². The van der Waals surface area contributed by atoms with Gasteiger partial charge in [-0.3, -0.25) is 4.79 Å². The summed E-state index contributed by atoms with van der Waals surface area (Å²) in [5.74, 6) is 0. The molecule has 0 aliphatic rings. The van der Waals surface area contributed by atoms with Gasteiger partial charge in [0.05, 0.1) is 0 Å². The highest BCUT2D eigenvalue weighted by molar-refractivity contribution is 5.83. The van der Waals surface area contributed by atoms with E-state index in [0.29, 0.717) is 0 Å². The molecule has 134 valence electrons. The molecular weight excluding hydrogens is 294 g/mol. The second-order valence-corrected chi connectivity index (χ2v) is 6.51. The van der Waals surface area contributed by atoms with E-state index in [-0.39, 0.29) is 0 Å².